The molecule has 0 saturated carbocycles. The van der Waals surface area contributed by atoms with Crippen LogP contribution in [0.1, 0.15) is 37.0 Å². The molecule has 0 radical (unpaired) electrons. The van der Waals surface area contributed by atoms with Gasteiger partial charge < -0.3 is 14.8 Å². The normalized spacial score (nSPS) is 14.9. The second-order valence-electron chi connectivity index (χ2n) is 8.52. The van der Waals surface area contributed by atoms with Gasteiger partial charge in [-0.2, -0.15) is 0 Å². The number of nitrogens with one attached hydrogen (secondary N) is 1. The number of fused-ring (bicyclic) bond motifs is 1. The van der Waals surface area contributed by atoms with E-state index in [1.165, 1.54) is 0 Å². The zero-order valence-electron chi connectivity index (χ0n) is 17.8. The van der Waals surface area contributed by atoms with Gasteiger partial charge in [0.05, 0.1) is 5.56 Å². The highest BCUT2D eigenvalue weighted by Gasteiger charge is 2.29. The number of aromatic nitrogens is 2. The Bertz CT molecular complexity index is 1080. The highest BCUT2D eigenvalue weighted by molar-refractivity contribution is 9.10. The fourth-order valence-electron chi connectivity index (χ4n) is 4.15. The fourth-order valence-corrected chi connectivity index (χ4v) is 4.39. The Balaban J connectivity index is 1.42. The minimum absolute atomic E-state index is 0.0320. The number of hydrogen-bond acceptors (Lipinski definition) is 3. The lowest BCUT2D eigenvalue weighted by molar-refractivity contribution is -0.121. The molecular formula is C24H27BrN4O2. The summed E-state index contributed by atoms with van der Waals surface area (Å²) in [6, 6.07) is 11.7. The maximum Gasteiger partial charge on any atom is 0.256 e. The average Bonchev–Trinajstić information content (AvgIpc) is 3.13. The lowest BCUT2D eigenvalue weighted by atomic mass is 9.95. The Morgan fingerprint density at radius 2 is 1.90 bits per heavy atom. The summed E-state index contributed by atoms with van der Waals surface area (Å²) in [6.45, 7) is 6.38. The van der Waals surface area contributed by atoms with Gasteiger partial charge in [-0.15, -0.1) is 0 Å². The number of hydrogen-bond donors (Lipinski definition) is 1. The van der Waals surface area contributed by atoms with Crippen LogP contribution in [0.2, 0.25) is 0 Å². The van der Waals surface area contributed by atoms with Gasteiger partial charge in [-0.05, 0) is 52.9 Å². The van der Waals surface area contributed by atoms with Crippen LogP contribution in [0.25, 0.3) is 10.9 Å². The number of rotatable bonds is 5. The molecule has 4 rings (SSSR count). The van der Waals surface area contributed by atoms with Crippen LogP contribution in [0.15, 0.2) is 53.3 Å². The van der Waals surface area contributed by atoms with Gasteiger partial charge in [0.25, 0.3) is 5.91 Å². The zero-order chi connectivity index (χ0) is 22.0. The van der Waals surface area contributed by atoms with Crippen LogP contribution in [0.3, 0.4) is 0 Å². The molecule has 0 spiro atoms. The molecule has 1 aliphatic heterocycles. The first-order valence-electron chi connectivity index (χ1n) is 10.7. The first kappa shape index (κ1) is 21.6. The van der Waals surface area contributed by atoms with Gasteiger partial charge >= 0.3 is 0 Å². The Kier molecular flexibility index (Phi) is 6.41. The van der Waals surface area contributed by atoms with Crippen molar-refractivity contribution < 1.29 is 9.59 Å². The molecule has 1 saturated heterocycles. The summed E-state index contributed by atoms with van der Waals surface area (Å²) in [4.78, 5) is 32.0. The third kappa shape index (κ3) is 4.82. The highest BCUT2D eigenvalue weighted by atomic mass is 79.9. The number of piperidine rings is 1. The molecule has 0 atom stereocenters. The predicted molar refractivity (Wildman–Crippen MR) is 126 cm³/mol. The van der Waals surface area contributed by atoms with Gasteiger partial charge in [0.2, 0.25) is 5.91 Å². The van der Waals surface area contributed by atoms with E-state index in [4.69, 9.17) is 0 Å². The number of anilines is 1. The van der Waals surface area contributed by atoms with E-state index in [9.17, 15) is 9.59 Å². The molecule has 2 amide bonds. The van der Waals surface area contributed by atoms with E-state index in [2.05, 4.69) is 50.7 Å². The first-order chi connectivity index (χ1) is 14.9. The molecule has 7 heteroatoms. The van der Waals surface area contributed by atoms with Crippen LogP contribution >= 0.6 is 15.9 Å². The molecule has 31 heavy (non-hydrogen) atoms. The SMILES string of the molecule is CC(C)Cn1cc(C(=O)N2CCC(C(=O)Nc3ccc(Br)cn3)CC2)c2ccccc21. The molecule has 1 aliphatic rings. The molecule has 0 unspecified atom stereocenters. The smallest absolute Gasteiger partial charge is 0.256 e. The average molecular weight is 483 g/mol. The Morgan fingerprint density at radius 1 is 1.16 bits per heavy atom. The number of carbonyl (C=O) groups is 2. The van der Waals surface area contributed by atoms with E-state index in [0.29, 0.717) is 37.7 Å². The molecular weight excluding hydrogens is 456 g/mol. The van der Waals surface area contributed by atoms with Gasteiger partial charge in [0, 0.05) is 53.3 Å². The quantitative estimate of drug-likeness (QED) is 0.559. The molecule has 1 aromatic carbocycles. The van der Waals surface area contributed by atoms with Crippen molar-refractivity contribution in [1.82, 2.24) is 14.5 Å². The second-order valence-corrected chi connectivity index (χ2v) is 9.44. The summed E-state index contributed by atoms with van der Waals surface area (Å²) in [5, 5.41) is 3.88. The topological polar surface area (TPSA) is 67.2 Å². The van der Waals surface area contributed by atoms with Gasteiger partial charge in [-0.3, -0.25) is 9.59 Å². The maximum atomic E-state index is 13.3. The predicted octanol–water partition coefficient (Wildman–Crippen LogP) is 4.95. The number of amides is 2. The largest absolute Gasteiger partial charge is 0.346 e. The van der Waals surface area contributed by atoms with Crippen molar-refractivity contribution in [1.29, 1.82) is 0 Å². The molecule has 3 heterocycles. The summed E-state index contributed by atoms with van der Waals surface area (Å²) >= 11 is 3.34. The van der Waals surface area contributed by atoms with Crippen LogP contribution in [0.4, 0.5) is 5.82 Å². The molecule has 1 fully saturated rings. The van der Waals surface area contributed by atoms with Crippen molar-refractivity contribution in [2.75, 3.05) is 18.4 Å². The lowest BCUT2D eigenvalue weighted by Crippen LogP contribution is -2.41. The van der Waals surface area contributed by atoms with Crippen molar-refractivity contribution in [2.45, 2.75) is 33.2 Å². The maximum absolute atomic E-state index is 13.3. The second kappa shape index (κ2) is 9.22. The number of pyridine rings is 1. The number of para-hydroxylation sites is 1. The zero-order valence-corrected chi connectivity index (χ0v) is 19.4. The third-order valence-electron chi connectivity index (χ3n) is 5.71. The summed E-state index contributed by atoms with van der Waals surface area (Å²) in [6.07, 6.45) is 4.95. The van der Waals surface area contributed by atoms with E-state index >= 15 is 0 Å². The number of likely N-dealkylation sites (tertiary alicyclic amines) is 1. The molecule has 162 valence electrons. The standard InChI is InChI=1S/C24H27BrN4O2/c1-16(2)14-29-15-20(19-5-3-4-6-21(19)29)24(31)28-11-9-17(10-12-28)23(30)27-22-8-7-18(25)13-26-22/h3-8,13,15-17H,9-12,14H2,1-2H3,(H,26,27,30). The van der Waals surface area contributed by atoms with Gasteiger partial charge in [0.1, 0.15) is 5.82 Å². The van der Waals surface area contributed by atoms with Crippen molar-refractivity contribution >= 4 is 44.5 Å². The highest BCUT2D eigenvalue weighted by Crippen LogP contribution is 2.26. The monoisotopic (exact) mass is 482 g/mol. The minimum Gasteiger partial charge on any atom is -0.346 e. The van der Waals surface area contributed by atoms with E-state index < -0.39 is 0 Å². The molecule has 0 aliphatic carbocycles. The van der Waals surface area contributed by atoms with Gasteiger partial charge in [0.15, 0.2) is 0 Å². The van der Waals surface area contributed by atoms with Crippen molar-refractivity contribution in [3.05, 3.63) is 58.8 Å². The Hall–Kier alpha value is -2.67. The molecule has 0 bridgehead atoms. The van der Waals surface area contributed by atoms with E-state index in [0.717, 1.165) is 27.5 Å². The van der Waals surface area contributed by atoms with Gasteiger partial charge in [-0.1, -0.05) is 32.0 Å². The first-order valence-corrected chi connectivity index (χ1v) is 11.5. The Labute approximate surface area is 190 Å². The van der Waals surface area contributed by atoms with Gasteiger partial charge in [-0.25, -0.2) is 4.98 Å². The van der Waals surface area contributed by atoms with E-state index in [1.54, 1.807) is 12.3 Å². The number of nitrogens with zero attached hydrogens (tertiary/aromatic N) is 3. The minimum atomic E-state index is -0.114. The molecule has 6 nitrogen and oxygen atoms in total. The third-order valence-corrected chi connectivity index (χ3v) is 6.18. The lowest BCUT2D eigenvalue weighted by Gasteiger charge is -2.31. The van der Waals surface area contributed by atoms with Crippen molar-refractivity contribution in [3.63, 3.8) is 0 Å². The van der Waals surface area contributed by atoms with Crippen molar-refractivity contribution in [3.8, 4) is 0 Å². The summed E-state index contributed by atoms with van der Waals surface area (Å²) in [5.74, 6) is 0.942. The van der Waals surface area contributed by atoms with Crippen LogP contribution in [-0.2, 0) is 11.3 Å². The number of benzene rings is 1. The Morgan fingerprint density at radius 3 is 2.58 bits per heavy atom. The van der Waals surface area contributed by atoms with E-state index in [1.807, 2.05) is 35.4 Å². The molecule has 2 aromatic heterocycles. The van der Waals surface area contributed by atoms with Crippen LogP contribution in [0, 0.1) is 11.8 Å². The number of halogens is 1. The van der Waals surface area contributed by atoms with Crippen molar-refractivity contribution in [2.24, 2.45) is 11.8 Å². The summed E-state index contributed by atoms with van der Waals surface area (Å²) < 4.78 is 3.05. The summed E-state index contributed by atoms with van der Waals surface area (Å²) in [5.41, 5.74) is 1.84. The number of carbonyl (C=O) groups excluding carboxylic acids is 2. The van der Waals surface area contributed by atoms with Crippen LogP contribution in [-0.4, -0.2) is 39.4 Å². The van der Waals surface area contributed by atoms with E-state index in [-0.39, 0.29) is 17.7 Å². The molecule has 3 aromatic rings. The molecule has 1 N–H and O–H groups in total. The summed E-state index contributed by atoms with van der Waals surface area (Å²) in [7, 11) is 0. The van der Waals surface area contributed by atoms with Crippen LogP contribution in [0.5, 0.6) is 0 Å². The fraction of sp³-hybridized carbons (Fsp3) is 0.375. The van der Waals surface area contributed by atoms with Crippen LogP contribution < -0.4 is 5.32 Å².